The fourth-order valence-electron chi connectivity index (χ4n) is 1.14. The molecular weight excluding hydrogens is 200 g/mol. The third kappa shape index (κ3) is 2.83. The number of anilines is 1. The van der Waals surface area contributed by atoms with Gasteiger partial charge in [0, 0.05) is 11.1 Å². The standard InChI is InChI=1S/C13H16N2O/c1-9-5-6-10(8-14)7-11(9)15-12(16)13(2,3)4/h5-7H,1-4H3,(H,15,16). The number of nitriles is 1. The number of benzene rings is 1. The highest BCUT2D eigenvalue weighted by molar-refractivity contribution is 5.95. The van der Waals surface area contributed by atoms with E-state index in [0.717, 1.165) is 5.56 Å². The largest absolute Gasteiger partial charge is 0.325 e. The molecule has 0 unspecified atom stereocenters. The number of nitrogens with one attached hydrogen (secondary N) is 1. The van der Waals surface area contributed by atoms with E-state index in [2.05, 4.69) is 11.4 Å². The molecular formula is C13H16N2O. The van der Waals surface area contributed by atoms with E-state index >= 15 is 0 Å². The lowest BCUT2D eigenvalue weighted by atomic mass is 9.95. The highest BCUT2D eigenvalue weighted by atomic mass is 16.2. The first-order valence-electron chi connectivity index (χ1n) is 5.17. The monoisotopic (exact) mass is 216 g/mol. The molecule has 1 rings (SSSR count). The zero-order valence-corrected chi connectivity index (χ0v) is 10.1. The van der Waals surface area contributed by atoms with Crippen LogP contribution >= 0.6 is 0 Å². The van der Waals surface area contributed by atoms with Crippen LogP contribution in [0, 0.1) is 23.7 Å². The van der Waals surface area contributed by atoms with Crippen LogP contribution in [-0.4, -0.2) is 5.91 Å². The number of hydrogen-bond acceptors (Lipinski definition) is 2. The Morgan fingerprint density at radius 2 is 2.00 bits per heavy atom. The molecule has 0 aliphatic heterocycles. The Balaban J connectivity index is 2.98. The Kier molecular flexibility index (Phi) is 3.34. The van der Waals surface area contributed by atoms with Crippen LogP contribution in [0.1, 0.15) is 31.9 Å². The van der Waals surface area contributed by atoms with E-state index < -0.39 is 5.41 Å². The first-order chi connectivity index (χ1) is 7.34. The fourth-order valence-corrected chi connectivity index (χ4v) is 1.14. The van der Waals surface area contributed by atoms with Crippen molar-refractivity contribution in [3.63, 3.8) is 0 Å². The molecule has 1 N–H and O–H groups in total. The molecule has 1 amide bonds. The highest BCUT2D eigenvalue weighted by Crippen LogP contribution is 2.21. The molecule has 0 saturated carbocycles. The summed E-state index contributed by atoms with van der Waals surface area (Å²) in [6.45, 7) is 7.46. The van der Waals surface area contributed by atoms with Gasteiger partial charge < -0.3 is 5.32 Å². The molecule has 0 radical (unpaired) electrons. The van der Waals surface area contributed by atoms with Gasteiger partial charge in [-0.2, -0.15) is 5.26 Å². The van der Waals surface area contributed by atoms with E-state index in [1.54, 1.807) is 12.1 Å². The topological polar surface area (TPSA) is 52.9 Å². The smallest absolute Gasteiger partial charge is 0.229 e. The average molecular weight is 216 g/mol. The van der Waals surface area contributed by atoms with Gasteiger partial charge in [-0.1, -0.05) is 26.8 Å². The number of carbonyl (C=O) groups is 1. The quantitative estimate of drug-likeness (QED) is 0.784. The third-order valence-electron chi connectivity index (χ3n) is 2.30. The van der Waals surface area contributed by atoms with Crippen LogP contribution in [-0.2, 0) is 4.79 Å². The second kappa shape index (κ2) is 4.36. The Morgan fingerprint density at radius 1 is 1.38 bits per heavy atom. The molecule has 3 heteroatoms. The van der Waals surface area contributed by atoms with E-state index in [1.807, 2.05) is 33.8 Å². The predicted octanol–water partition coefficient (Wildman–Crippen LogP) is 2.85. The predicted molar refractivity (Wildman–Crippen MR) is 64.0 cm³/mol. The molecule has 0 atom stereocenters. The molecule has 0 spiro atoms. The van der Waals surface area contributed by atoms with Gasteiger partial charge >= 0.3 is 0 Å². The number of nitrogens with zero attached hydrogens (tertiary/aromatic N) is 1. The van der Waals surface area contributed by atoms with Gasteiger partial charge in [0.15, 0.2) is 0 Å². The second-order valence-electron chi connectivity index (χ2n) is 4.85. The van der Waals surface area contributed by atoms with Crippen LogP contribution in [0.5, 0.6) is 0 Å². The zero-order valence-electron chi connectivity index (χ0n) is 10.1. The number of carbonyl (C=O) groups excluding carboxylic acids is 1. The minimum absolute atomic E-state index is 0.0503. The minimum Gasteiger partial charge on any atom is -0.325 e. The molecule has 1 aromatic rings. The summed E-state index contributed by atoms with van der Waals surface area (Å²) in [5.41, 5.74) is 1.78. The van der Waals surface area contributed by atoms with Crippen molar-refractivity contribution in [2.45, 2.75) is 27.7 Å². The van der Waals surface area contributed by atoms with Crippen LogP contribution in [0.4, 0.5) is 5.69 Å². The van der Waals surface area contributed by atoms with E-state index in [4.69, 9.17) is 5.26 Å². The average Bonchev–Trinajstić information content (AvgIpc) is 2.19. The lowest BCUT2D eigenvalue weighted by Gasteiger charge is -2.18. The highest BCUT2D eigenvalue weighted by Gasteiger charge is 2.21. The molecule has 3 nitrogen and oxygen atoms in total. The number of aryl methyl sites for hydroxylation is 1. The van der Waals surface area contributed by atoms with Crippen LogP contribution in [0.2, 0.25) is 0 Å². The summed E-state index contributed by atoms with van der Waals surface area (Å²) in [4.78, 5) is 11.8. The summed E-state index contributed by atoms with van der Waals surface area (Å²) in [5.74, 6) is -0.0503. The Morgan fingerprint density at radius 3 is 2.50 bits per heavy atom. The molecule has 16 heavy (non-hydrogen) atoms. The number of amides is 1. The van der Waals surface area contributed by atoms with Gasteiger partial charge in [-0.05, 0) is 24.6 Å². The van der Waals surface area contributed by atoms with Gasteiger partial charge in [0.1, 0.15) is 0 Å². The van der Waals surface area contributed by atoms with E-state index in [-0.39, 0.29) is 5.91 Å². The minimum atomic E-state index is -0.435. The maximum absolute atomic E-state index is 11.8. The SMILES string of the molecule is Cc1ccc(C#N)cc1NC(=O)C(C)(C)C. The van der Waals surface area contributed by atoms with Gasteiger partial charge in [-0.3, -0.25) is 4.79 Å². The molecule has 0 bridgehead atoms. The molecule has 0 aromatic heterocycles. The van der Waals surface area contributed by atoms with E-state index in [0.29, 0.717) is 11.3 Å². The van der Waals surface area contributed by atoms with Crippen molar-refractivity contribution < 1.29 is 4.79 Å². The summed E-state index contributed by atoms with van der Waals surface area (Å²) < 4.78 is 0. The van der Waals surface area contributed by atoms with Crippen LogP contribution < -0.4 is 5.32 Å². The molecule has 84 valence electrons. The maximum Gasteiger partial charge on any atom is 0.229 e. The summed E-state index contributed by atoms with van der Waals surface area (Å²) in [6.07, 6.45) is 0. The van der Waals surface area contributed by atoms with Crippen molar-refractivity contribution >= 4 is 11.6 Å². The Bertz CT molecular complexity index is 450. The molecule has 0 saturated heterocycles. The summed E-state index contributed by atoms with van der Waals surface area (Å²) >= 11 is 0. The Labute approximate surface area is 96.1 Å². The van der Waals surface area contributed by atoms with Crippen molar-refractivity contribution in [1.29, 1.82) is 5.26 Å². The van der Waals surface area contributed by atoms with Gasteiger partial charge in [-0.15, -0.1) is 0 Å². The first kappa shape index (κ1) is 12.3. The van der Waals surface area contributed by atoms with Crippen LogP contribution in [0.25, 0.3) is 0 Å². The third-order valence-corrected chi connectivity index (χ3v) is 2.30. The normalized spacial score (nSPS) is 10.7. The molecule has 0 fully saturated rings. The van der Waals surface area contributed by atoms with Crippen molar-refractivity contribution in [2.75, 3.05) is 5.32 Å². The fraction of sp³-hybridized carbons (Fsp3) is 0.385. The summed E-state index contributed by atoms with van der Waals surface area (Å²) in [6, 6.07) is 7.32. The molecule has 1 aromatic carbocycles. The van der Waals surface area contributed by atoms with E-state index in [1.165, 1.54) is 0 Å². The zero-order chi connectivity index (χ0) is 12.3. The lowest BCUT2D eigenvalue weighted by Crippen LogP contribution is -2.27. The number of hydrogen-bond donors (Lipinski definition) is 1. The molecule has 0 aliphatic rings. The van der Waals surface area contributed by atoms with Crippen molar-refractivity contribution in [1.82, 2.24) is 0 Å². The van der Waals surface area contributed by atoms with Crippen LogP contribution in [0.15, 0.2) is 18.2 Å². The van der Waals surface area contributed by atoms with Gasteiger partial charge in [0.2, 0.25) is 5.91 Å². The Hall–Kier alpha value is -1.82. The molecule has 0 aliphatic carbocycles. The van der Waals surface area contributed by atoms with Gasteiger partial charge in [0.25, 0.3) is 0 Å². The first-order valence-corrected chi connectivity index (χ1v) is 5.17. The van der Waals surface area contributed by atoms with Crippen molar-refractivity contribution in [3.8, 4) is 6.07 Å². The van der Waals surface area contributed by atoms with Crippen LogP contribution in [0.3, 0.4) is 0 Å². The van der Waals surface area contributed by atoms with Gasteiger partial charge in [-0.25, -0.2) is 0 Å². The summed E-state index contributed by atoms with van der Waals surface area (Å²) in [5, 5.41) is 11.6. The lowest BCUT2D eigenvalue weighted by molar-refractivity contribution is -0.123. The summed E-state index contributed by atoms with van der Waals surface area (Å²) in [7, 11) is 0. The number of rotatable bonds is 1. The van der Waals surface area contributed by atoms with Gasteiger partial charge in [0.05, 0.1) is 11.6 Å². The molecule has 0 heterocycles. The second-order valence-corrected chi connectivity index (χ2v) is 4.85. The van der Waals surface area contributed by atoms with E-state index in [9.17, 15) is 4.79 Å². The van der Waals surface area contributed by atoms with Crippen molar-refractivity contribution in [3.05, 3.63) is 29.3 Å². The maximum atomic E-state index is 11.8. The van der Waals surface area contributed by atoms with Crippen molar-refractivity contribution in [2.24, 2.45) is 5.41 Å².